The third kappa shape index (κ3) is 2.14. The van der Waals surface area contributed by atoms with Gasteiger partial charge < -0.3 is 15.0 Å². The maximum Gasteiger partial charge on any atom is 0.158 e. The summed E-state index contributed by atoms with van der Waals surface area (Å²) >= 11 is 0. The van der Waals surface area contributed by atoms with E-state index in [0.717, 1.165) is 34.0 Å². The first kappa shape index (κ1) is 13.2. The van der Waals surface area contributed by atoms with E-state index in [0.29, 0.717) is 5.82 Å². The maximum absolute atomic E-state index is 6.07. The van der Waals surface area contributed by atoms with E-state index in [-0.39, 0.29) is 0 Å². The summed E-state index contributed by atoms with van der Waals surface area (Å²) in [6.45, 7) is 2.03. The Balaban J connectivity index is 2.27. The Bertz CT molecular complexity index is 787. The Morgan fingerprint density at radius 3 is 2.81 bits per heavy atom. The normalized spacial score (nSPS) is 10.8. The van der Waals surface area contributed by atoms with E-state index in [4.69, 9.17) is 10.5 Å². The van der Waals surface area contributed by atoms with Crippen LogP contribution in [0.25, 0.3) is 22.6 Å². The molecule has 2 heterocycles. The third-order valence-electron chi connectivity index (χ3n) is 3.46. The lowest BCUT2D eigenvalue weighted by Gasteiger charge is -2.10. The van der Waals surface area contributed by atoms with E-state index in [2.05, 4.69) is 15.2 Å². The molecule has 0 atom stereocenters. The van der Waals surface area contributed by atoms with Gasteiger partial charge in [-0.15, -0.1) is 0 Å². The molecule has 6 nitrogen and oxygen atoms in total. The topological polar surface area (TPSA) is 81.8 Å². The van der Waals surface area contributed by atoms with Crippen LogP contribution in [0, 0.1) is 6.92 Å². The molecule has 108 valence electrons. The number of nitrogens with one attached hydrogen (secondary N) is 1. The van der Waals surface area contributed by atoms with Crippen LogP contribution in [0.5, 0.6) is 5.75 Å². The number of rotatable bonds is 3. The number of ether oxygens (including phenoxy) is 1. The van der Waals surface area contributed by atoms with Gasteiger partial charge in [-0.05, 0) is 19.1 Å². The number of anilines is 1. The summed E-state index contributed by atoms with van der Waals surface area (Å²) in [5, 5.41) is 7.11. The van der Waals surface area contributed by atoms with Crippen LogP contribution in [0.4, 0.5) is 5.82 Å². The van der Waals surface area contributed by atoms with Crippen LogP contribution < -0.4 is 10.5 Å². The van der Waals surface area contributed by atoms with Crippen LogP contribution in [0.2, 0.25) is 0 Å². The summed E-state index contributed by atoms with van der Waals surface area (Å²) in [7, 11) is 3.57. The van der Waals surface area contributed by atoms with Crippen molar-refractivity contribution in [2.45, 2.75) is 6.92 Å². The monoisotopic (exact) mass is 283 g/mol. The molecule has 0 aliphatic heterocycles. The van der Waals surface area contributed by atoms with Crippen molar-refractivity contribution in [1.82, 2.24) is 19.7 Å². The van der Waals surface area contributed by atoms with Gasteiger partial charge in [0.05, 0.1) is 12.7 Å². The van der Waals surface area contributed by atoms with Crippen molar-refractivity contribution in [3.8, 4) is 28.4 Å². The maximum atomic E-state index is 6.07. The first-order valence-electron chi connectivity index (χ1n) is 6.58. The molecule has 0 aliphatic rings. The van der Waals surface area contributed by atoms with Crippen LogP contribution in [0.1, 0.15) is 5.56 Å². The number of nitrogens with two attached hydrogens (primary N) is 1. The van der Waals surface area contributed by atoms with Gasteiger partial charge in [-0.25, -0.2) is 4.98 Å². The van der Waals surface area contributed by atoms with Gasteiger partial charge in [-0.1, -0.05) is 11.6 Å². The molecule has 0 unspecified atom stereocenters. The second-order valence-corrected chi connectivity index (χ2v) is 4.92. The number of aromatic nitrogens is 4. The molecule has 21 heavy (non-hydrogen) atoms. The molecule has 3 aromatic rings. The van der Waals surface area contributed by atoms with Crippen molar-refractivity contribution in [3.63, 3.8) is 0 Å². The smallest absolute Gasteiger partial charge is 0.158 e. The number of methoxy groups -OCH3 is 1. The van der Waals surface area contributed by atoms with Gasteiger partial charge in [0.1, 0.15) is 11.4 Å². The summed E-state index contributed by atoms with van der Waals surface area (Å²) in [4.78, 5) is 4.36. The van der Waals surface area contributed by atoms with Crippen LogP contribution in [-0.4, -0.2) is 26.9 Å². The van der Waals surface area contributed by atoms with Crippen molar-refractivity contribution in [2.75, 3.05) is 12.8 Å². The highest BCUT2D eigenvalue weighted by molar-refractivity contribution is 5.89. The average Bonchev–Trinajstić information content (AvgIpc) is 3.04. The minimum atomic E-state index is 0.428. The fourth-order valence-corrected chi connectivity index (χ4v) is 2.41. The van der Waals surface area contributed by atoms with Crippen molar-refractivity contribution < 1.29 is 4.74 Å². The molecule has 0 radical (unpaired) electrons. The Labute approximate surface area is 122 Å². The molecule has 0 amide bonds. The molecule has 0 spiro atoms. The highest BCUT2D eigenvalue weighted by Gasteiger charge is 2.20. The van der Waals surface area contributed by atoms with Crippen LogP contribution >= 0.6 is 0 Å². The molecule has 1 aromatic carbocycles. The van der Waals surface area contributed by atoms with Crippen LogP contribution in [-0.2, 0) is 7.05 Å². The van der Waals surface area contributed by atoms with Gasteiger partial charge in [-0.3, -0.25) is 5.10 Å². The van der Waals surface area contributed by atoms with E-state index < -0.39 is 0 Å². The van der Waals surface area contributed by atoms with Gasteiger partial charge in [-0.2, -0.15) is 5.10 Å². The van der Waals surface area contributed by atoms with Crippen LogP contribution in [0.15, 0.2) is 30.6 Å². The zero-order chi connectivity index (χ0) is 15.0. The van der Waals surface area contributed by atoms with Crippen LogP contribution in [0.3, 0.4) is 0 Å². The molecule has 0 bridgehead atoms. The number of imidazole rings is 1. The molecule has 0 fully saturated rings. The summed E-state index contributed by atoms with van der Waals surface area (Å²) in [6.07, 6.45) is 3.62. The largest absolute Gasteiger partial charge is 0.496 e. The molecule has 0 saturated heterocycles. The number of H-pyrrole nitrogens is 1. The van der Waals surface area contributed by atoms with Gasteiger partial charge in [0.2, 0.25) is 0 Å². The fraction of sp³-hybridized carbons (Fsp3) is 0.200. The lowest BCUT2D eigenvalue weighted by Crippen LogP contribution is -1.96. The minimum absolute atomic E-state index is 0.428. The summed E-state index contributed by atoms with van der Waals surface area (Å²) in [5.41, 5.74) is 9.69. The van der Waals surface area contributed by atoms with Crippen molar-refractivity contribution in [3.05, 3.63) is 36.2 Å². The van der Waals surface area contributed by atoms with E-state index in [1.165, 1.54) is 0 Å². The van der Waals surface area contributed by atoms with Gasteiger partial charge >= 0.3 is 0 Å². The number of hydrogen-bond acceptors (Lipinski definition) is 4. The van der Waals surface area contributed by atoms with Crippen molar-refractivity contribution >= 4 is 5.82 Å². The van der Waals surface area contributed by atoms with E-state index in [1.54, 1.807) is 13.3 Å². The second-order valence-electron chi connectivity index (χ2n) is 4.92. The molecule has 2 aromatic heterocycles. The average molecular weight is 283 g/mol. The predicted molar refractivity (Wildman–Crippen MR) is 81.9 cm³/mol. The first-order chi connectivity index (χ1) is 10.1. The SMILES string of the molecule is COc1ccc(C)cc1-c1c(N)n[nH]c1-c1nccn1C. The number of aromatic amines is 1. The van der Waals surface area contributed by atoms with E-state index in [1.807, 2.05) is 42.9 Å². The van der Waals surface area contributed by atoms with Gasteiger partial charge in [0.25, 0.3) is 0 Å². The first-order valence-corrected chi connectivity index (χ1v) is 6.58. The predicted octanol–water partition coefficient (Wildman–Crippen LogP) is 2.38. The molecular formula is C15H17N5O. The fourth-order valence-electron chi connectivity index (χ4n) is 2.41. The molecule has 6 heteroatoms. The van der Waals surface area contributed by atoms with Gasteiger partial charge in [0.15, 0.2) is 11.6 Å². The summed E-state index contributed by atoms with van der Waals surface area (Å²) in [5.74, 6) is 1.96. The zero-order valence-electron chi connectivity index (χ0n) is 12.2. The number of hydrogen-bond donors (Lipinski definition) is 2. The summed E-state index contributed by atoms with van der Waals surface area (Å²) in [6, 6.07) is 5.96. The Kier molecular flexibility index (Phi) is 3.13. The number of benzene rings is 1. The van der Waals surface area contributed by atoms with E-state index >= 15 is 0 Å². The van der Waals surface area contributed by atoms with Crippen molar-refractivity contribution in [1.29, 1.82) is 0 Å². The van der Waals surface area contributed by atoms with Crippen molar-refractivity contribution in [2.24, 2.45) is 7.05 Å². The molecule has 3 N–H and O–H groups in total. The lowest BCUT2D eigenvalue weighted by atomic mass is 10.0. The second kappa shape index (κ2) is 4.97. The zero-order valence-corrected chi connectivity index (χ0v) is 12.2. The molecular weight excluding hydrogens is 266 g/mol. The Morgan fingerprint density at radius 1 is 1.33 bits per heavy atom. The highest BCUT2D eigenvalue weighted by atomic mass is 16.5. The Morgan fingerprint density at radius 2 is 2.14 bits per heavy atom. The third-order valence-corrected chi connectivity index (χ3v) is 3.46. The minimum Gasteiger partial charge on any atom is -0.496 e. The standard InChI is InChI=1S/C15H17N5O/c1-9-4-5-11(21-3)10(8-9)12-13(18-19-14(12)16)15-17-6-7-20(15)2/h4-8H,1-3H3,(H3,16,18,19). The highest BCUT2D eigenvalue weighted by Crippen LogP contribution is 2.39. The van der Waals surface area contributed by atoms with E-state index in [9.17, 15) is 0 Å². The molecule has 0 saturated carbocycles. The van der Waals surface area contributed by atoms with Gasteiger partial charge in [0, 0.05) is 25.0 Å². The molecule has 3 rings (SSSR count). The Hall–Kier alpha value is -2.76. The quantitative estimate of drug-likeness (QED) is 0.773. The lowest BCUT2D eigenvalue weighted by molar-refractivity contribution is 0.416. The summed E-state index contributed by atoms with van der Waals surface area (Å²) < 4.78 is 7.37. The molecule has 0 aliphatic carbocycles. The number of nitrogen functional groups attached to an aromatic ring is 1. The number of aryl methyl sites for hydroxylation is 2. The number of nitrogens with zero attached hydrogens (tertiary/aromatic N) is 3.